The Balaban J connectivity index is 1.51. The Kier molecular flexibility index (Phi) is 7.61. The lowest BCUT2D eigenvalue weighted by Crippen LogP contribution is -2.38. The number of amides is 2. The molecule has 0 aliphatic carbocycles. The van der Waals surface area contributed by atoms with Gasteiger partial charge in [0.25, 0.3) is 5.91 Å². The fourth-order valence-electron chi connectivity index (χ4n) is 2.67. The number of imidazole rings is 1. The van der Waals surface area contributed by atoms with Gasteiger partial charge in [-0.1, -0.05) is 16.9 Å². The molecule has 31 heavy (non-hydrogen) atoms. The summed E-state index contributed by atoms with van der Waals surface area (Å²) in [5.74, 6) is -0.392. The number of ether oxygens (including phenoxy) is 2. The molecular formula is C17H22N6O6S2. The predicted octanol–water partition coefficient (Wildman–Crippen LogP) is 0.0448. The van der Waals surface area contributed by atoms with Crippen molar-refractivity contribution in [3.63, 3.8) is 0 Å². The highest BCUT2D eigenvalue weighted by atomic mass is 33.1. The number of nitrogen functional groups attached to an aromatic ring is 1. The SMILES string of the molecule is CN(CCSSc1ccccn1)C(=O)O[C@H]1O[C@@H](n2cnc(C(N)=O)c2N)[C@H](O)[C@@H]1O. The Bertz CT molecular complexity index is 916. The van der Waals surface area contributed by atoms with Crippen LogP contribution in [-0.4, -0.2) is 79.5 Å². The van der Waals surface area contributed by atoms with Crippen LogP contribution in [-0.2, 0) is 9.47 Å². The summed E-state index contributed by atoms with van der Waals surface area (Å²) < 4.78 is 11.8. The number of aliphatic hydroxyl groups excluding tert-OH is 2. The van der Waals surface area contributed by atoms with Crippen molar-refractivity contribution < 1.29 is 29.3 Å². The molecule has 0 saturated carbocycles. The molecule has 1 aliphatic rings. The number of hydrogen-bond donors (Lipinski definition) is 4. The largest absolute Gasteiger partial charge is 0.416 e. The van der Waals surface area contributed by atoms with Crippen molar-refractivity contribution in [2.45, 2.75) is 29.8 Å². The van der Waals surface area contributed by atoms with Crippen LogP contribution in [0.5, 0.6) is 0 Å². The number of carbonyl (C=O) groups is 2. The van der Waals surface area contributed by atoms with Gasteiger partial charge in [0, 0.05) is 25.5 Å². The second-order valence-electron chi connectivity index (χ2n) is 6.50. The van der Waals surface area contributed by atoms with Gasteiger partial charge in [-0.3, -0.25) is 9.36 Å². The Morgan fingerprint density at radius 3 is 2.74 bits per heavy atom. The average molecular weight is 471 g/mol. The molecule has 1 fully saturated rings. The third kappa shape index (κ3) is 5.40. The molecule has 2 amide bonds. The van der Waals surface area contributed by atoms with Crippen LogP contribution in [0.3, 0.4) is 0 Å². The van der Waals surface area contributed by atoms with Gasteiger partial charge in [0.1, 0.15) is 23.1 Å². The highest BCUT2D eigenvalue weighted by Gasteiger charge is 2.47. The van der Waals surface area contributed by atoms with E-state index < -0.39 is 36.7 Å². The minimum Gasteiger partial charge on any atom is -0.416 e. The number of hydrogen-bond acceptors (Lipinski definition) is 11. The number of rotatable bonds is 8. The third-order valence-corrected chi connectivity index (χ3v) is 6.60. The Morgan fingerprint density at radius 2 is 2.10 bits per heavy atom. The van der Waals surface area contributed by atoms with Crippen molar-refractivity contribution in [2.75, 3.05) is 25.1 Å². The second-order valence-corrected chi connectivity index (χ2v) is 8.94. The van der Waals surface area contributed by atoms with Gasteiger partial charge in [-0.2, -0.15) is 0 Å². The minimum atomic E-state index is -1.53. The van der Waals surface area contributed by atoms with E-state index in [1.165, 1.54) is 33.5 Å². The van der Waals surface area contributed by atoms with Crippen LogP contribution in [0.2, 0.25) is 0 Å². The molecule has 4 atom stereocenters. The fourth-order valence-corrected chi connectivity index (χ4v) is 4.59. The van der Waals surface area contributed by atoms with Crippen molar-refractivity contribution in [1.29, 1.82) is 0 Å². The molecule has 3 rings (SSSR count). The Hall–Kier alpha value is -2.52. The number of anilines is 1. The van der Waals surface area contributed by atoms with E-state index in [2.05, 4.69) is 9.97 Å². The zero-order valence-corrected chi connectivity index (χ0v) is 18.0. The van der Waals surface area contributed by atoms with Crippen LogP contribution >= 0.6 is 21.6 Å². The van der Waals surface area contributed by atoms with Gasteiger partial charge >= 0.3 is 6.09 Å². The van der Waals surface area contributed by atoms with Crippen molar-refractivity contribution >= 4 is 39.4 Å². The van der Waals surface area contributed by atoms with Crippen LogP contribution < -0.4 is 11.5 Å². The molecule has 14 heteroatoms. The van der Waals surface area contributed by atoms with E-state index in [9.17, 15) is 19.8 Å². The van der Waals surface area contributed by atoms with Crippen LogP contribution in [0.25, 0.3) is 0 Å². The van der Waals surface area contributed by atoms with E-state index in [1.807, 2.05) is 18.2 Å². The minimum absolute atomic E-state index is 0.143. The molecule has 3 heterocycles. The van der Waals surface area contributed by atoms with Crippen molar-refractivity contribution in [2.24, 2.45) is 5.73 Å². The number of nitrogens with zero attached hydrogens (tertiary/aromatic N) is 4. The highest BCUT2D eigenvalue weighted by Crippen LogP contribution is 2.33. The maximum absolute atomic E-state index is 12.3. The Labute approximate surface area is 185 Å². The summed E-state index contributed by atoms with van der Waals surface area (Å²) in [6.07, 6.45) is -3.57. The molecule has 0 unspecified atom stereocenters. The molecule has 6 N–H and O–H groups in total. The van der Waals surface area contributed by atoms with Crippen molar-refractivity contribution in [3.05, 3.63) is 36.4 Å². The van der Waals surface area contributed by atoms with Crippen LogP contribution in [0, 0.1) is 0 Å². The first-order chi connectivity index (χ1) is 14.8. The Morgan fingerprint density at radius 1 is 1.32 bits per heavy atom. The summed E-state index contributed by atoms with van der Waals surface area (Å²) in [6.45, 7) is 0.370. The first kappa shape index (κ1) is 23.1. The van der Waals surface area contributed by atoms with E-state index in [1.54, 1.807) is 6.20 Å². The predicted molar refractivity (Wildman–Crippen MR) is 113 cm³/mol. The fraction of sp³-hybridized carbons (Fsp3) is 0.412. The molecule has 0 aromatic carbocycles. The van der Waals surface area contributed by atoms with E-state index in [4.69, 9.17) is 20.9 Å². The number of pyridine rings is 1. The van der Waals surface area contributed by atoms with Crippen LogP contribution in [0.4, 0.5) is 10.6 Å². The number of nitrogens with two attached hydrogens (primary N) is 2. The summed E-state index contributed by atoms with van der Waals surface area (Å²) >= 11 is 0. The lowest BCUT2D eigenvalue weighted by molar-refractivity contribution is -0.148. The number of primary amides is 1. The summed E-state index contributed by atoms with van der Waals surface area (Å²) in [6, 6.07) is 5.60. The molecule has 0 radical (unpaired) electrons. The van der Waals surface area contributed by atoms with Gasteiger partial charge in [0.2, 0.25) is 6.29 Å². The molecule has 1 saturated heterocycles. The van der Waals surface area contributed by atoms with Crippen LogP contribution in [0.15, 0.2) is 35.7 Å². The third-order valence-electron chi connectivity index (χ3n) is 4.35. The van der Waals surface area contributed by atoms with E-state index in [0.717, 1.165) is 15.9 Å². The zero-order valence-electron chi connectivity index (χ0n) is 16.4. The first-order valence-electron chi connectivity index (χ1n) is 9.05. The second kappa shape index (κ2) is 10.2. The number of aliphatic hydroxyl groups is 2. The quantitative estimate of drug-likeness (QED) is 0.302. The van der Waals surface area contributed by atoms with Gasteiger partial charge in [-0.05, 0) is 22.9 Å². The number of aromatic nitrogens is 3. The average Bonchev–Trinajstić information content (AvgIpc) is 3.26. The normalized spacial score (nSPS) is 22.9. The topological polar surface area (TPSA) is 179 Å². The van der Waals surface area contributed by atoms with Gasteiger partial charge in [-0.15, -0.1) is 0 Å². The molecule has 2 aromatic heterocycles. The molecule has 0 spiro atoms. The molecule has 1 aliphatic heterocycles. The summed E-state index contributed by atoms with van der Waals surface area (Å²) in [5.41, 5.74) is 10.8. The standard InChI is InChI=1S/C17H22N6O6S2/c1-22(6-7-30-31-9-4-2-3-5-20-9)17(27)29-16-12(25)11(24)15(28-16)23-8-21-10(13(23)18)14(19)26/h2-5,8,11-12,15-16,24-25H,6-7,18H2,1H3,(H2,19,26)/t11-,12+,15-,16-/m1/s1. The van der Waals surface area contributed by atoms with Gasteiger partial charge in [0.05, 0.1) is 6.33 Å². The van der Waals surface area contributed by atoms with E-state index in [0.29, 0.717) is 12.3 Å². The zero-order chi connectivity index (χ0) is 22.5. The maximum atomic E-state index is 12.3. The van der Waals surface area contributed by atoms with Gasteiger partial charge in [-0.25, -0.2) is 14.8 Å². The lowest BCUT2D eigenvalue weighted by Gasteiger charge is -2.21. The maximum Gasteiger partial charge on any atom is 0.411 e. The molecular weight excluding hydrogens is 448 g/mol. The van der Waals surface area contributed by atoms with Gasteiger partial charge in [0.15, 0.2) is 11.9 Å². The lowest BCUT2D eigenvalue weighted by atomic mass is 10.2. The summed E-state index contributed by atoms with van der Waals surface area (Å²) in [5, 5.41) is 21.3. The summed E-state index contributed by atoms with van der Waals surface area (Å²) in [7, 11) is 4.55. The number of carbonyl (C=O) groups excluding carboxylic acids is 2. The molecule has 12 nitrogen and oxygen atoms in total. The van der Waals surface area contributed by atoms with Crippen LogP contribution in [0.1, 0.15) is 16.7 Å². The first-order valence-corrected chi connectivity index (χ1v) is 11.4. The smallest absolute Gasteiger partial charge is 0.411 e. The van der Waals surface area contributed by atoms with Crippen molar-refractivity contribution in [3.8, 4) is 0 Å². The van der Waals surface area contributed by atoms with Crippen molar-refractivity contribution in [1.82, 2.24) is 19.4 Å². The highest BCUT2D eigenvalue weighted by molar-refractivity contribution is 8.76. The monoisotopic (exact) mass is 470 g/mol. The molecule has 168 valence electrons. The molecule has 2 aromatic rings. The van der Waals surface area contributed by atoms with E-state index in [-0.39, 0.29) is 11.5 Å². The van der Waals surface area contributed by atoms with E-state index >= 15 is 0 Å². The molecule has 0 bridgehead atoms. The summed E-state index contributed by atoms with van der Waals surface area (Å²) in [4.78, 5) is 32.9. The van der Waals surface area contributed by atoms with Gasteiger partial charge < -0.3 is 36.1 Å².